The van der Waals surface area contributed by atoms with Crippen molar-refractivity contribution in [1.82, 2.24) is 0 Å². The Labute approximate surface area is 138 Å². The van der Waals surface area contributed by atoms with E-state index in [4.69, 9.17) is 9.84 Å². The third kappa shape index (κ3) is 4.57. The van der Waals surface area contributed by atoms with Gasteiger partial charge in [0.1, 0.15) is 0 Å². The highest BCUT2D eigenvalue weighted by atomic mass is 16.5. The summed E-state index contributed by atoms with van der Waals surface area (Å²) in [6.07, 6.45) is 12.7. The lowest BCUT2D eigenvalue weighted by Crippen LogP contribution is -2.36. The van der Waals surface area contributed by atoms with Crippen LogP contribution < -0.4 is 4.90 Å². The molecule has 3 rings (SSSR count). The summed E-state index contributed by atoms with van der Waals surface area (Å²) in [5.74, 6) is 0.466. The molecule has 1 aromatic rings. The number of aliphatic hydroxyl groups excluding tert-OH is 1. The van der Waals surface area contributed by atoms with E-state index in [0.29, 0.717) is 5.92 Å². The molecule has 1 saturated heterocycles. The van der Waals surface area contributed by atoms with Crippen LogP contribution in [-0.4, -0.2) is 38.0 Å². The van der Waals surface area contributed by atoms with Gasteiger partial charge in [-0.3, -0.25) is 0 Å². The van der Waals surface area contributed by atoms with Gasteiger partial charge in [0.2, 0.25) is 0 Å². The average Bonchev–Trinajstić information content (AvgIpc) is 2.62. The molecule has 2 aliphatic rings. The lowest BCUT2D eigenvalue weighted by Gasteiger charge is -2.28. The van der Waals surface area contributed by atoms with Crippen molar-refractivity contribution >= 4 is 11.8 Å². The number of rotatable bonds is 5. The summed E-state index contributed by atoms with van der Waals surface area (Å²) in [6, 6.07) is 8.72. The molecule has 1 unspecified atom stereocenters. The minimum absolute atomic E-state index is 0.259. The van der Waals surface area contributed by atoms with Crippen LogP contribution >= 0.6 is 0 Å². The number of allylic oxidation sites excluding steroid dienone is 5. The van der Waals surface area contributed by atoms with Crippen LogP contribution in [0.5, 0.6) is 0 Å². The van der Waals surface area contributed by atoms with Gasteiger partial charge in [0.25, 0.3) is 0 Å². The van der Waals surface area contributed by atoms with Crippen LogP contribution in [0.4, 0.5) is 5.69 Å². The van der Waals surface area contributed by atoms with Gasteiger partial charge in [-0.15, -0.1) is 0 Å². The molecular weight excluding hydrogens is 286 g/mol. The van der Waals surface area contributed by atoms with E-state index in [1.165, 1.54) is 16.8 Å². The maximum atomic E-state index is 9.06. The van der Waals surface area contributed by atoms with E-state index in [1.807, 2.05) is 0 Å². The van der Waals surface area contributed by atoms with Crippen molar-refractivity contribution in [1.29, 1.82) is 0 Å². The summed E-state index contributed by atoms with van der Waals surface area (Å²) in [7, 11) is 0. The smallest absolute Gasteiger partial charge is 0.0642 e. The normalized spacial score (nSPS) is 21.7. The van der Waals surface area contributed by atoms with E-state index in [2.05, 4.69) is 59.5 Å². The molecule has 3 nitrogen and oxygen atoms in total. The van der Waals surface area contributed by atoms with Gasteiger partial charge in [0.15, 0.2) is 0 Å². The van der Waals surface area contributed by atoms with Gasteiger partial charge in [0, 0.05) is 25.4 Å². The van der Waals surface area contributed by atoms with Crippen LogP contribution in [0, 0.1) is 5.92 Å². The molecule has 1 atom stereocenters. The Morgan fingerprint density at radius 1 is 1.13 bits per heavy atom. The van der Waals surface area contributed by atoms with E-state index in [1.54, 1.807) is 0 Å². The van der Waals surface area contributed by atoms with Crippen molar-refractivity contribution in [3.8, 4) is 0 Å². The quantitative estimate of drug-likeness (QED) is 0.904. The fourth-order valence-electron chi connectivity index (χ4n) is 3.08. The Balaban J connectivity index is 1.59. The molecule has 122 valence electrons. The lowest BCUT2D eigenvalue weighted by molar-refractivity contribution is 0.122. The van der Waals surface area contributed by atoms with E-state index in [9.17, 15) is 0 Å². The Morgan fingerprint density at radius 2 is 1.91 bits per heavy atom. The summed E-state index contributed by atoms with van der Waals surface area (Å²) >= 11 is 0. The van der Waals surface area contributed by atoms with Gasteiger partial charge in [-0.1, -0.05) is 42.5 Å². The van der Waals surface area contributed by atoms with E-state index in [0.717, 1.165) is 39.1 Å². The number of morpholine rings is 1. The molecule has 0 spiro atoms. The van der Waals surface area contributed by atoms with Gasteiger partial charge >= 0.3 is 0 Å². The third-order valence-corrected chi connectivity index (χ3v) is 4.45. The van der Waals surface area contributed by atoms with Crippen molar-refractivity contribution in [2.24, 2.45) is 5.92 Å². The zero-order valence-electron chi connectivity index (χ0n) is 13.5. The predicted molar refractivity (Wildman–Crippen MR) is 95.5 cm³/mol. The molecule has 1 aromatic carbocycles. The van der Waals surface area contributed by atoms with Crippen molar-refractivity contribution in [2.75, 3.05) is 37.8 Å². The molecule has 0 bridgehead atoms. The largest absolute Gasteiger partial charge is 0.396 e. The summed E-state index contributed by atoms with van der Waals surface area (Å²) in [5, 5.41) is 9.06. The molecule has 0 amide bonds. The van der Waals surface area contributed by atoms with Crippen molar-refractivity contribution in [3.63, 3.8) is 0 Å². The third-order valence-electron chi connectivity index (χ3n) is 4.45. The molecule has 1 aliphatic heterocycles. The second-order valence-corrected chi connectivity index (χ2v) is 6.13. The van der Waals surface area contributed by atoms with Crippen LogP contribution in [-0.2, 0) is 4.74 Å². The molecule has 1 heterocycles. The fraction of sp³-hybridized carbons (Fsp3) is 0.400. The van der Waals surface area contributed by atoms with Crippen LogP contribution in [0.2, 0.25) is 0 Å². The Kier molecular flexibility index (Phi) is 5.67. The first kappa shape index (κ1) is 16.0. The van der Waals surface area contributed by atoms with Crippen LogP contribution in [0.3, 0.4) is 0 Å². The van der Waals surface area contributed by atoms with Crippen molar-refractivity contribution in [3.05, 3.63) is 59.7 Å². The highest BCUT2D eigenvalue weighted by Gasteiger charge is 2.11. The second kappa shape index (κ2) is 8.14. The number of benzene rings is 1. The first-order chi connectivity index (χ1) is 11.3. The summed E-state index contributed by atoms with van der Waals surface area (Å²) in [4.78, 5) is 2.37. The summed E-state index contributed by atoms with van der Waals surface area (Å²) < 4.78 is 5.40. The number of anilines is 1. The van der Waals surface area contributed by atoms with E-state index >= 15 is 0 Å². The molecule has 1 aliphatic carbocycles. The lowest BCUT2D eigenvalue weighted by atomic mass is 9.91. The first-order valence-electron chi connectivity index (χ1n) is 8.44. The maximum absolute atomic E-state index is 9.06. The Hall–Kier alpha value is -1.84. The van der Waals surface area contributed by atoms with Crippen molar-refractivity contribution < 1.29 is 9.84 Å². The second-order valence-electron chi connectivity index (χ2n) is 6.13. The van der Waals surface area contributed by atoms with Gasteiger partial charge in [-0.25, -0.2) is 0 Å². The van der Waals surface area contributed by atoms with E-state index in [-0.39, 0.29) is 6.61 Å². The number of nitrogens with zero attached hydrogens (tertiary/aromatic N) is 1. The van der Waals surface area contributed by atoms with Crippen LogP contribution in [0.1, 0.15) is 18.4 Å². The highest BCUT2D eigenvalue weighted by molar-refractivity contribution is 5.58. The maximum Gasteiger partial charge on any atom is 0.0642 e. The van der Waals surface area contributed by atoms with Gasteiger partial charge in [0.05, 0.1) is 13.2 Å². The topological polar surface area (TPSA) is 32.7 Å². The van der Waals surface area contributed by atoms with Crippen molar-refractivity contribution in [2.45, 2.75) is 12.8 Å². The number of hydrogen-bond donors (Lipinski definition) is 1. The summed E-state index contributed by atoms with van der Waals surface area (Å²) in [5.41, 5.74) is 3.81. The van der Waals surface area contributed by atoms with Gasteiger partial charge in [-0.05, 0) is 42.0 Å². The SMILES string of the molecule is OCCC1C=CC=C(/C=C/c2ccc(N3CCOCC3)cc2)C1. The van der Waals surface area contributed by atoms with Gasteiger partial charge < -0.3 is 14.7 Å². The Bertz CT molecular complexity index is 580. The number of hydrogen-bond acceptors (Lipinski definition) is 3. The molecule has 0 aromatic heterocycles. The molecule has 23 heavy (non-hydrogen) atoms. The predicted octanol–water partition coefficient (Wildman–Crippen LogP) is 3.42. The first-order valence-corrected chi connectivity index (χ1v) is 8.44. The molecular formula is C20H25NO2. The van der Waals surface area contributed by atoms with E-state index < -0.39 is 0 Å². The molecule has 1 N–H and O–H groups in total. The zero-order chi connectivity index (χ0) is 15.9. The van der Waals surface area contributed by atoms with Gasteiger partial charge in [-0.2, -0.15) is 0 Å². The van der Waals surface area contributed by atoms with Crippen LogP contribution in [0.25, 0.3) is 6.08 Å². The van der Waals surface area contributed by atoms with Crippen LogP contribution in [0.15, 0.2) is 54.1 Å². The molecule has 3 heteroatoms. The monoisotopic (exact) mass is 311 g/mol. The molecule has 1 fully saturated rings. The Morgan fingerprint density at radius 3 is 2.65 bits per heavy atom. The highest BCUT2D eigenvalue weighted by Crippen LogP contribution is 2.23. The minimum Gasteiger partial charge on any atom is -0.396 e. The fourth-order valence-corrected chi connectivity index (χ4v) is 3.08. The number of aliphatic hydroxyl groups is 1. The number of ether oxygens (including phenoxy) is 1. The molecule has 0 saturated carbocycles. The minimum atomic E-state index is 0.259. The summed E-state index contributed by atoms with van der Waals surface area (Å²) in [6.45, 7) is 3.84. The standard InChI is InChI=1S/C20H25NO2/c22-13-10-19-3-1-2-18(16-19)5-4-17-6-8-20(9-7-17)21-11-14-23-15-12-21/h1-9,19,22H,10-16H2/b5-4+. The average molecular weight is 311 g/mol. The zero-order valence-corrected chi connectivity index (χ0v) is 13.5. The molecule has 0 radical (unpaired) electrons.